The Morgan fingerprint density at radius 2 is 1.86 bits per heavy atom. The molecule has 0 amide bonds. The molecule has 1 atom stereocenters. The third-order valence-electron chi connectivity index (χ3n) is 2.98. The summed E-state index contributed by atoms with van der Waals surface area (Å²) in [5.74, 6) is -1.12. The zero-order valence-corrected chi connectivity index (χ0v) is 11.4. The van der Waals surface area contributed by atoms with E-state index in [9.17, 15) is 8.78 Å². The quantitative estimate of drug-likeness (QED) is 0.903. The third kappa shape index (κ3) is 3.93. The molecule has 2 rings (SSSR count). The number of nitriles is 1. The normalized spacial score (nSPS) is 11.5. The van der Waals surface area contributed by atoms with Gasteiger partial charge in [0.1, 0.15) is 11.8 Å². The lowest BCUT2D eigenvalue weighted by Crippen LogP contribution is -2.07. The largest absolute Gasteiger partial charge is 0.479 e. The van der Waals surface area contributed by atoms with Crippen LogP contribution in [0.25, 0.3) is 0 Å². The van der Waals surface area contributed by atoms with Crippen molar-refractivity contribution in [2.75, 3.05) is 11.9 Å². The first-order valence-corrected chi connectivity index (χ1v) is 6.41. The van der Waals surface area contributed by atoms with Crippen LogP contribution in [0.2, 0.25) is 0 Å². The second kappa shape index (κ2) is 6.71. The van der Waals surface area contributed by atoms with Gasteiger partial charge in [-0.05, 0) is 48.9 Å². The third-order valence-corrected chi connectivity index (χ3v) is 2.98. The molecule has 0 bridgehead atoms. The Morgan fingerprint density at radius 3 is 2.48 bits per heavy atom. The summed E-state index contributed by atoms with van der Waals surface area (Å²) in [7, 11) is 0. The molecule has 1 N–H and O–H groups in total. The van der Waals surface area contributed by atoms with Gasteiger partial charge in [0.15, 0.2) is 18.2 Å². The fourth-order valence-corrected chi connectivity index (χ4v) is 1.88. The van der Waals surface area contributed by atoms with E-state index < -0.39 is 11.6 Å². The lowest BCUT2D eigenvalue weighted by Gasteiger charge is -2.16. The number of nitrogens with one attached hydrogen (secondary N) is 1. The highest BCUT2D eigenvalue weighted by atomic mass is 19.2. The van der Waals surface area contributed by atoms with Crippen molar-refractivity contribution in [3.05, 3.63) is 59.7 Å². The monoisotopic (exact) mass is 288 g/mol. The molecule has 0 saturated carbocycles. The smallest absolute Gasteiger partial charge is 0.174 e. The molecule has 0 spiro atoms. The molecule has 0 radical (unpaired) electrons. The molecule has 0 saturated heterocycles. The minimum atomic E-state index is -0.860. The van der Waals surface area contributed by atoms with E-state index in [-0.39, 0.29) is 12.6 Å². The fraction of sp³-hybridized carbons (Fsp3) is 0.188. The highest BCUT2D eigenvalue weighted by Gasteiger charge is 2.09. The molecule has 0 aliphatic heterocycles. The number of hydrogen-bond donors (Lipinski definition) is 1. The van der Waals surface area contributed by atoms with Crippen LogP contribution in [-0.4, -0.2) is 6.61 Å². The van der Waals surface area contributed by atoms with Gasteiger partial charge in [0.05, 0.1) is 0 Å². The number of nitrogens with zero attached hydrogens (tertiary/aromatic N) is 1. The maximum Gasteiger partial charge on any atom is 0.174 e. The molecule has 0 aliphatic rings. The number of halogens is 2. The van der Waals surface area contributed by atoms with Gasteiger partial charge in [-0.1, -0.05) is 6.07 Å². The molecule has 21 heavy (non-hydrogen) atoms. The van der Waals surface area contributed by atoms with Crippen molar-refractivity contribution >= 4 is 5.69 Å². The van der Waals surface area contributed by atoms with Crippen LogP contribution in [0, 0.1) is 23.0 Å². The molecule has 2 aromatic rings. The first-order chi connectivity index (χ1) is 10.1. The molecule has 3 nitrogen and oxygen atoms in total. The number of rotatable bonds is 5. The highest BCUT2D eigenvalue weighted by molar-refractivity contribution is 5.48. The average Bonchev–Trinajstić information content (AvgIpc) is 2.49. The van der Waals surface area contributed by atoms with Crippen LogP contribution in [-0.2, 0) is 0 Å². The van der Waals surface area contributed by atoms with E-state index in [1.807, 2.05) is 13.0 Å². The highest BCUT2D eigenvalue weighted by Crippen LogP contribution is 2.22. The Balaban J connectivity index is 2.03. The summed E-state index contributed by atoms with van der Waals surface area (Å²) in [6.45, 7) is 1.85. The number of ether oxygens (including phenoxy) is 1. The summed E-state index contributed by atoms with van der Waals surface area (Å²) >= 11 is 0. The first kappa shape index (κ1) is 14.8. The van der Waals surface area contributed by atoms with Gasteiger partial charge in [0.2, 0.25) is 0 Å². The standard InChI is InChI=1S/C16H14F2N2O/c1-11(12-2-7-15(17)16(18)10-12)20-13-3-5-14(6-4-13)21-9-8-19/h2-7,10-11,20H,9H2,1H3. The summed E-state index contributed by atoms with van der Waals surface area (Å²) in [4.78, 5) is 0. The van der Waals surface area contributed by atoms with Crippen molar-refractivity contribution < 1.29 is 13.5 Å². The fourth-order valence-electron chi connectivity index (χ4n) is 1.88. The Morgan fingerprint density at radius 1 is 1.14 bits per heavy atom. The zero-order valence-electron chi connectivity index (χ0n) is 11.4. The van der Waals surface area contributed by atoms with E-state index in [1.165, 1.54) is 6.07 Å². The van der Waals surface area contributed by atoms with Crippen LogP contribution in [0.3, 0.4) is 0 Å². The first-order valence-electron chi connectivity index (χ1n) is 6.41. The van der Waals surface area contributed by atoms with Crippen LogP contribution >= 0.6 is 0 Å². The van der Waals surface area contributed by atoms with E-state index >= 15 is 0 Å². The molecule has 0 fully saturated rings. The van der Waals surface area contributed by atoms with Crippen LogP contribution in [0.4, 0.5) is 14.5 Å². The van der Waals surface area contributed by atoms with Crippen LogP contribution < -0.4 is 10.1 Å². The van der Waals surface area contributed by atoms with Crippen molar-refractivity contribution in [1.82, 2.24) is 0 Å². The lowest BCUT2D eigenvalue weighted by molar-refractivity contribution is 0.368. The van der Waals surface area contributed by atoms with Crippen LogP contribution in [0.5, 0.6) is 5.75 Å². The molecule has 108 valence electrons. The predicted octanol–water partition coefficient (Wildman–Crippen LogP) is 4.04. The Hall–Kier alpha value is -2.61. The Bertz CT molecular complexity index is 650. The van der Waals surface area contributed by atoms with Crippen molar-refractivity contribution in [1.29, 1.82) is 5.26 Å². The predicted molar refractivity (Wildman–Crippen MR) is 75.9 cm³/mol. The van der Waals surface area contributed by atoms with Gasteiger partial charge < -0.3 is 10.1 Å². The lowest BCUT2D eigenvalue weighted by atomic mass is 10.1. The van der Waals surface area contributed by atoms with Crippen molar-refractivity contribution in [3.8, 4) is 11.8 Å². The SMILES string of the molecule is CC(Nc1ccc(OCC#N)cc1)c1ccc(F)c(F)c1. The van der Waals surface area contributed by atoms with Gasteiger partial charge in [0.25, 0.3) is 0 Å². The molecule has 2 aromatic carbocycles. The van der Waals surface area contributed by atoms with E-state index in [2.05, 4.69) is 5.32 Å². The molecule has 0 heterocycles. The molecule has 0 aliphatic carbocycles. The topological polar surface area (TPSA) is 45.0 Å². The van der Waals surface area contributed by atoms with Gasteiger partial charge in [0, 0.05) is 11.7 Å². The van der Waals surface area contributed by atoms with E-state index in [4.69, 9.17) is 10.00 Å². The van der Waals surface area contributed by atoms with Gasteiger partial charge in [-0.2, -0.15) is 5.26 Å². The summed E-state index contributed by atoms with van der Waals surface area (Å²) in [5, 5.41) is 11.6. The van der Waals surface area contributed by atoms with Crippen LogP contribution in [0.1, 0.15) is 18.5 Å². The van der Waals surface area contributed by atoms with Gasteiger partial charge >= 0.3 is 0 Å². The summed E-state index contributed by atoms with van der Waals surface area (Å²) in [5.41, 5.74) is 1.47. The van der Waals surface area contributed by atoms with Crippen molar-refractivity contribution in [2.45, 2.75) is 13.0 Å². The summed E-state index contributed by atoms with van der Waals surface area (Å²) in [6, 6.07) is 12.6. The van der Waals surface area contributed by atoms with Crippen LogP contribution in [0.15, 0.2) is 42.5 Å². The molecular weight excluding hydrogens is 274 g/mol. The van der Waals surface area contributed by atoms with Gasteiger partial charge in [-0.25, -0.2) is 8.78 Å². The molecule has 1 unspecified atom stereocenters. The number of hydrogen-bond acceptors (Lipinski definition) is 3. The zero-order chi connectivity index (χ0) is 15.2. The van der Waals surface area contributed by atoms with Gasteiger partial charge in [-0.15, -0.1) is 0 Å². The number of benzene rings is 2. The minimum absolute atomic E-state index is 0.00195. The Labute approximate surface area is 121 Å². The average molecular weight is 288 g/mol. The van der Waals surface area contributed by atoms with Crippen molar-refractivity contribution in [3.63, 3.8) is 0 Å². The summed E-state index contributed by atoms with van der Waals surface area (Å²) < 4.78 is 31.3. The Kier molecular flexibility index (Phi) is 4.72. The van der Waals surface area contributed by atoms with Crippen molar-refractivity contribution in [2.24, 2.45) is 0 Å². The van der Waals surface area contributed by atoms with E-state index in [1.54, 1.807) is 30.3 Å². The summed E-state index contributed by atoms with van der Waals surface area (Å²) in [6.07, 6.45) is 0. The number of anilines is 1. The maximum absolute atomic E-state index is 13.2. The second-order valence-corrected chi connectivity index (χ2v) is 4.51. The van der Waals surface area contributed by atoms with Gasteiger partial charge in [-0.3, -0.25) is 0 Å². The second-order valence-electron chi connectivity index (χ2n) is 4.51. The maximum atomic E-state index is 13.2. The van der Waals surface area contributed by atoms with E-state index in [0.717, 1.165) is 11.8 Å². The van der Waals surface area contributed by atoms with E-state index in [0.29, 0.717) is 11.3 Å². The minimum Gasteiger partial charge on any atom is -0.479 e. The molecular formula is C16H14F2N2O. The molecule has 0 aromatic heterocycles. The molecule has 5 heteroatoms.